The van der Waals surface area contributed by atoms with Crippen molar-refractivity contribution in [3.05, 3.63) is 12.2 Å². The van der Waals surface area contributed by atoms with Crippen LogP contribution >= 0.6 is 0 Å². The minimum absolute atomic E-state index is 0.00753. The van der Waals surface area contributed by atoms with Crippen molar-refractivity contribution in [1.82, 2.24) is 4.90 Å². The molecule has 0 aromatic rings. The summed E-state index contributed by atoms with van der Waals surface area (Å²) in [6, 6.07) is 0. The molecule has 1 amide bonds. The molecule has 0 spiro atoms. The van der Waals surface area contributed by atoms with Crippen LogP contribution in [0.2, 0.25) is 0 Å². The van der Waals surface area contributed by atoms with Gasteiger partial charge >= 0.3 is 0 Å². The molecule has 0 aromatic heterocycles. The van der Waals surface area contributed by atoms with Gasteiger partial charge in [-0.1, -0.05) is 26.8 Å². The first-order valence-electron chi connectivity index (χ1n) is 5.58. The molecule has 15 heavy (non-hydrogen) atoms. The summed E-state index contributed by atoms with van der Waals surface area (Å²) < 4.78 is 0. The fraction of sp³-hybridized carbons (Fsp3) is 0.750. The molecule has 0 bridgehead atoms. The molecular formula is C12H24N2O. The summed E-state index contributed by atoms with van der Waals surface area (Å²) in [5.74, 6) is 0.0841. The summed E-state index contributed by atoms with van der Waals surface area (Å²) >= 11 is 0. The second-order valence-corrected chi connectivity index (χ2v) is 4.63. The van der Waals surface area contributed by atoms with Crippen molar-refractivity contribution in [1.29, 1.82) is 0 Å². The largest absolute Gasteiger partial charge is 0.339 e. The van der Waals surface area contributed by atoms with Gasteiger partial charge in [-0.25, -0.2) is 0 Å². The maximum absolute atomic E-state index is 11.7. The monoisotopic (exact) mass is 212 g/mol. The number of hydrogen-bond donors (Lipinski definition) is 1. The standard InChI is InChI=1S/C12H24N2O/c1-5-7-11(15)14(8-6-2)10-12(3,4)9-13/h5,7H,6,8-10,13H2,1-4H3/b7-5+. The zero-order chi connectivity index (χ0) is 11.9. The van der Waals surface area contributed by atoms with Crippen LogP contribution in [0, 0.1) is 5.41 Å². The first-order chi connectivity index (χ1) is 6.96. The smallest absolute Gasteiger partial charge is 0.246 e. The normalized spacial score (nSPS) is 12.1. The van der Waals surface area contributed by atoms with E-state index in [-0.39, 0.29) is 11.3 Å². The van der Waals surface area contributed by atoms with E-state index >= 15 is 0 Å². The van der Waals surface area contributed by atoms with Crippen molar-refractivity contribution >= 4 is 5.91 Å². The minimum Gasteiger partial charge on any atom is -0.339 e. The third kappa shape index (κ3) is 5.57. The van der Waals surface area contributed by atoms with E-state index in [2.05, 4.69) is 20.8 Å². The molecule has 0 fully saturated rings. The Hall–Kier alpha value is -0.830. The summed E-state index contributed by atoms with van der Waals surface area (Å²) in [6.45, 7) is 10.2. The molecule has 0 radical (unpaired) electrons. The quantitative estimate of drug-likeness (QED) is 0.682. The molecule has 0 saturated carbocycles. The third-order valence-corrected chi connectivity index (χ3v) is 2.29. The van der Waals surface area contributed by atoms with Gasteiger partial charge in [0.25, 0.3) is 0 Å². The van der Waals surface area contributed by atoms with Crippen LogP contribution in [0.4, 0.5) is 0 Å². The number of amides is 1. The predicted octanol–water partition coefficient (Wildman–Crippen LogP) is 1.79. The lowest BCUT2D eigenvalue weighted by molar-refractivity contribution is -0.127. The molecule has 0 aliphatic carbocycles. The second-order valence-electron chi connectivity index (χ2n) is 4.63. The Bertz CT molecular complexity index is 222. The summed E-state index contributed by atoms with van der Waals surface area (Å²) in [5, 5.41) is 0. The van der Waals surface area contributed by atoms with Gasteiger partial charge in [0.2, 0.25) is 5.91 Å². The summed E-state index contributed by atoms with van der Waals surface area (Å²) in [5.41, 5.74) is 5.66. The highest BCUT2D eigenvalue weighted by Gasteiger charge is 2.21. The molecule has 0 unspecified atom stereocenters. The second kappa shape index (κ2) is 6.62. The number of allylic oxidation sites excluding steroid dienone is 1. The third-order valence-electron chi connectivity index (χ3n) is 2.29. The number of hydrogen-bond acceptors (Lipinski definition) is 2. The molecular weight excluding hydrogens is 188 g/mol. The van der Waals surface area contributed by atoms with Crippen molar-refractivity contribution in [2.45, 2.75) is 34.1 Å². The van der Waals surface area contributed by atoms with Crippen LogP contribution in [0.1, 0.15) is 34.1 Å². The van der Waals surface area contributed by atoms with Crippen molar-refractivity contribution in [2.24, 2.45) is 11.1 Å². The first kappa shape index (κ1) is 14.2. The van der Waals surface area contributed by atoms with Crippen LogP contribution in [-0.4, -0.2) is 30.4 Å². The van der Waals surface area contributed by atoms with Crippen LogP contribution in [0.25, 0.3) is 0 Å². The zero-order valence-electron chi connectivity index (χ0n) is 10.4. The minimum atomic E-state index is -0.00753. The number of rotatable bonds is 6. The summed E-state index contributed by atoms with van der Waals surface area (Å²) in [6.07, 6.45) is 4.37. The highest BCUT2D eigenvalue weighted by atomic mass is 16.2. The lowest BCUT2D eigenvalue weighted by Crippen LogP contribution is -2.41. The molecule has 0 aliphatic heterocycles. The number of carbonyl (C=O) groups excluding carboxylic acids is 1. The molecule has 0 atom stereocenters. The lowest BCUT2D eigenvalue weighted by atomic mass is 9.93. The van der Waals surface area contributed by atoms with E-state index in [4.69, 9.17) is 5.73 Å². The van der Waals surface area contributed by atoms with Crippen LogP contribution in [0.5, 0.6) is 0 Å². The van der Waals surface area contributed by atoms with Crippen LogP contribution in [-0.2, 0) is 4.79 Å². The van der Waals surface area contributed by atoms with E-state index in [0.29, 0.717) is 6.54 Å². The van der Waals surface area contributed by atoms with E-state index in [1.54, 1.807) is 12.2 Å². The maximum Gasteiger partial charge on any atom is 0.246 e. The van der Waals surface area contributed by atoms with Gasteiger partial charge in [-0.3, -0.25) is 4.79 Å². The average Bonchev–Trinajstić information content (AvgIpc) is 2.17. The Morgan fingerprint density at radius 3 is 2.47 bits per heavy atom. The molecule has 88 valence electrons. The Morgan fingerprint density at radius 1 is 1.47 bits per heavy atom. The van der Waals surface area contributed by atoms with Gasteiger partial charge in [0.1, 0.15) is 0 Å². The van der Waals surface area contributed by atoms with E-state index in [1.807, 2.05) is 11.8 Å². The van der Waals surface area contributed by atoms with Crippen molar-refractivity contribution in [3.63, 3.8) is 0 Å². The van der Waals surface area contributed by atoms with E-state index in [1.165, 1.54) is 0 Å². The van der Waals surface area contributed by atoms with E-state index in [9.17, 15) is 4.79 Å². The van der Waals surface area contributed by atoms with Gasteiger partial charge in [0.15, 0.2) is 0 Å². The molecule has 3 nitrogen and oxygen atoms in total. The predicted molar refractivity (Wildman–Crippen MR) is 64.5 cm³/mol. The van der Waals surface area contributed by atoms with Gasteiger partial charge in [-0.2, -0.15) is 0 Å². The van der Waals surface area contributed by atoms with E-state index in [0.717, 1.165) is 19.5 Å². The maximum atomic E-state index is 11.7. The van der Waals surface area contributed by atoms with Crippen LogP contribution < -0.4 is 5.73 Å². The Morgan fingerprint density at radius 2 is 2.07 bits per heavy atom. The van der Waals surface area contributed by atoms with Gasteiger partial charge in [0, 0.05) is 13.1 Å². The van der Waals surface area contributed by atoms with Gasteiger partial charge in [-0.15, -0.1) is 0 Å². The summed E-state index contributed by atoms with van der Waals surface area (Å²) in [4.78, 5) is 13.6. The number of carbonyl (C=O) groups is 1. The van der Waals surface area contributed by atoms with Crippen LogP contribution in [0.3, 0.4) is 0 Å². The molecule has 0 saturated heterocycles. The first-order valence-corrected chi connectivity index (χ1v) is 5.58. The van der Waals surface area contributed by atoms with Crippen molar-refractivity contribution < 1.29 is 4.79 Å². The van der Waals surface area contributed by atoms with Crippen molar-refractivity contribution in [2.75, 3.05) is 19.6 Å². The molecule has 2 N–H and O–H groups in total. The highest BCUT2D eigenvalue weighted by molar-refractivity contribution is 5.87. The number of nitrogens with zero attached hydrogens (tertiary/aromatic N) is 1. The average molecular weight is 212 g/mol. The van der Waals surface area contributed by atoms with Gasteiger partial charge in [0.05, 0.1) is 0 Å². The van der Waals surface area contributed by atoms with Gasteiger partial charge < -0.3 is 10.6 Å². The van der Waals surface area contributed by atoms with Crippen molar-refractivity contribution in [3.8, 4) is 0 Å². The zero-order valence-corrected chi connectivity index (χ0v) is 10.4. The van der Waals surface area contributed by atoms with Crippen LogP contribution in [0.15, 0.2) is 12.2 Å². The fourth-order valence-corrected chi connectivity index (χ4v) is 1.37. The Balaban J connectivity index is 4.46. The Kier molecular flexibility index (Phi) is 6.25. The lowest BCUT2D eigenvalue weighted by Gasteiger charge is -2.31. The SMILES string of the molecule is C/C=C/C(=O)N(CCC)CC(C)(C)CN. The molecule has 0 heterocycles. The fourth-order valence-electron chi connectivity index (χ4n) is 1.37. The van der Waals surface area contributed by atoms with E-state index < -0.39 is 0 Å². The molecule has 0 rings (SSSR count). The molecule has 0 aliphatic rings. The molecule has 3 heteroatoms. The Labute approximate surface area is 93.3 Å². The topological polar surface area (TPSA) is 46.3 Å². The molecule has 0 aromatic carbocycles. The van der Waals surface area contributed by atoms with Gasteiger partial charge in [-0.05, 0) is 31.4 Å². The highest BCUT2D eigenvalue weighted by Crippen LogP contribution is 2.15. The summed E-state index contributed by atoms with van der Waals surface area (Å²) in [7, 11) is 0. The number of nitrogens with two attached hydrogens (primary N) is 1.